The van der Waals surface area contributed by atoms with Gasteiger partial charge in [-0.15, -0.1) is 0 Å². The summed E-state index contributed by atoms with van der Waals surface area (Å²) in [7, 11) is 0. The van der Waals surface area contributed by atoms with E-state index in [1.165, 1.54) is 11.6 Å². The van der Waals surface area contributed by atoms with Gasteiger partial charge in [0.1, 0.15) is 0 Å². The third-order valence-electron chi connectivity index (χ3n) is 2.97. The van der Waals surface area contributed by atoms with E-state index in [0.717, 1.165) is 12.1 Å². The van der Waals surface area contributed by atoms with E-state index in [4.69, 9.17) is 0 Å². The van der Waals surface area contributed by atoms with Crippen molar-refractivity contribution >= 4 is 6.08 Å². The lowest BCUT2D eigenvalue weighted by molar-refractivity contribution is 0.151. The Kier molecular flexibility index (Phi) is 6.16. The van der Waals surface area contributed by atoms with Gasteiger partial charge in [-0.3, -0.25) is 0 Å². The van der Waals surface area contributed by atoms with E-state index in [0.29, 0.717) is 12.0 Å². The quantitative estimate of drug-likeness (QED) is 0.790. The number of halogens is 2. The lowest BCUT2D eigenvalue weighted by atomic mass is 9.99. The summed E-state index contributed by atoms with van der Waals surface area (Å²) in [5.74, 6) is 0.390. The maximum absolute atomic E-state index is 12.7. The van der Waals surface area contributed by atoms with Gasteiger partial charge in [0.15, 0.2) is 0 Å². The van der Waals surface area contributed by atoms with Gasteiger partial charge in [-0.1, -0.05) is 57.5 Å². The number of alkyl halides is 2. The Morgan fingerprint density at radius 2 is 1.89 bits per heavy atom. The predicted octanol–water partition coefficient (Wildman–Crippen LogP) is 4.66. The summed E-state index contributed by atoms with van der Waals surface area (Å²) in [6.07, 6.45) is -0.406. The van der Waals surface area contributed by atoms with Crippen LogP contribution in [0.5, 0.6) is 0 Å². The minimum atomic E-state index is -2.41. The monoisotopic (exact) mass is 267 g/mol. The van der Waals surface area contributed by atoms with Crippen LogP contribution in [0.25, 0.3) is 6.08 Å². The van der Waals surface area contributed by atoms with Crippen molar-refractivity contribution in [3.63, 3.8) is 0 Å². The summed E-state index contributed by atoms with van der Waals surface area (Å²) in [5, 5.41) is 3.37. The van der Waals surface area contributed by atoms with Crippen molar-refractivity contribution in [1.82, 2.24) is 5.32 Å². The largest absolute Gasteiger partial charge is 0.311 e. The highest BCUT2D eigenvalue weighted by molar-refractivity contribution is 5.54. The van der Waals surface area contributed by atoms with Gasteiger partial charge in [0.05, 0.1) is 0 Å². The van der Waals surface area contributed by atoms with Gasteiger partial charge in [0.25, 0.3) is 6.43 Å². The first-order valence-electron chi connectivity index (χ1n) is 6.72. The molecule has 0 aromatic heterocycles. The average molecular weight is 267 g/mol. The van der Waals surface area contributed by atoms with Crippen LogP contribution in [0.1, 0.15) is 45.2 Å². The molecule has 106 valence electrons. The van der Waals surface area contributed by atoms with Crippen molar-refractivity contribution in [1.29, 1.82) is 0 Å². The molecular formula is C16H23F2N. The zero-order chi connectivity index (χ0) is 14.4. The number of hydrogen-bond acceptors (Lipinski definition) is 1. The van der Waals surface area contributed by atoms with Gasteiger partial charge >= 0.3 is 0 Å². The molecule has 0 saturated heterocycles. The predicted molar refractivity (Wildman–Crippen MR) is 77.4 cm³/mol. The van der Waals surface area contributed by atoms with Crippen LogP contribution < -0.4 is 5.32 Å². The summed E-state index contributed by atoms with van der Waals surface area (Å²) >= 11 is 0. The Morgan fingerprint density at radius 1 is 1.21 bits per heavy atom. The van der Waals surface area contributed by atoms with Crippen LogP contribution in [0.2, 0.25) is 0 Å². The first-order chi connectivity index (χ1) is 8.90. The van der Waals surface area contributed by atoms with Crippen molar-refractivity contribution in [3.8, 4) is 0 Å². The van der Waals surface area contributed by atoms with Gasteiger partial charge in [-0.25, -0.2) is 8.78 Å². The molecule has 0 aliphatic rings. The molecule has 0 atom stereocenters. The van der Waals surface area contributed by atoms with E-state index in [2.05, 4.69) is 33.0 Å². The second-order valence-corrected chi connectivity index (χ2v) is 5.38. The highest BCUT2D eigenvalue weighted by Crippen LogP contribution is 2.21. The highest BCUT2D eigenvalue weighted by Gasteiger charge is 2.08. The molecule has 1 aromatic rings. The average Bonchev–Trinajstić information content (AvgIpc) is 2.34. The van der Waals surface area contributed by atoms with Crippen molar-refractivity contribution in [2.75, 3.05) is 6.54 Å². The van der Waals surface area contributed by atoms with Crippen LogP contribution >= 0.6 is 0 Å². The molecule has 0 aliphatic carbocycles. The van der Waals surface area contributed by atoms with Crippen LogP contribution in [0.4, 0.5) is 8.78 Å². The van der Waals surface area contributed by atoms with E-state index in [1.807, 2.05) is 12.1 Å². The Labute approximate surface area is 114 Å². The fourth-order valence-electron chi connectivity index (χ4n) is 1.74. The van der Waals surface area contributed by atoms with Crippen LogP contribution in [-0.4, -0.2) is 12.6 Å². The molecule has 0 aliphatic heterocycles. The molecule has 0 fully saturated rings. The van der Waals surface area contributed by atoms with Crippen LogP contribution in [0, 0.1) is 5.92 Å². The van der Waals surface area contributed by atoms with Gasteiger partial charge < -0.3 is 5.32 Å². The Hall–Kier alpha value is -1.22. The Balaban J connectivity index is 2.91. The second-order valence-electron chi connectivity index (χ2n) is 5.38. The van der Waals surface area contributed by atoms with Gasteiger partial charge in [0.2, 0.25) is 0 Å². The van der Waals surface area contributed by atoms with E-state index in [9.17, 15) is 8.78 Å². The topological polar surface area (TPSA) is 12.0 Å². The minimum absolute atomic E-state index is 0.0775. The molecule has 1 aromatic carbocycles. The maximum atomic E-state index is 12.7. The first kappa shape index (κ1) is 15.8. The second kappa shape index (κ2) is 7.39. The molecule has 0 amide bonds. The molecule has 1 rings (SSSR count). The summed E-state index contributed by atoms with van der Waals surface area (Å²) in [4.78, 5) is 0. The molecule has 0 spiro atoms. The van der Waals surface area contributed by atoms with Crippen molar-refractivity contribution in [2.45, 2.75) is 40.2 Å². The smallest absolute Gasteiger partial charge is 0.263 e. The lowest BCUT2D eigenvalue weighted by Crippen LogP contribution is -2.26. The van der Waals surface area contributed by atoms with E-state index in [1.54, 1.807) is 12.1 Å². The molecule has 0 saturated carbocycles. The molecule has 1 N–H and O–H groups in total. The Morgan fingerprint density at radius 3 is 2.42 bits per heavy atom. The van der Waals surface area contributed by atoms with E-state index in [-0.39, 0.29) is 5.56 Å². The van der Waals surface area contributed by atoms with Crippen molar-refractivity contribution < 1.29 is 8.78 Å². The van der Waals surface area contributed by atoms with Gasteiger partial charge in [-0.05, 0) is 17.5 Å². The summed E-state index contributed by atoms with van der Waals surface area (Å²) in [6.45, 7) is 9.20. The Bertz CT molecular complexity index is 423. The first-order valence-corrected chi connectivity index (χ1v) is 6.72. The third-order valence-corrected chi connectivity index (χ3v) is 2.97. The van der Waals surface area contributed by atoms with Gasteiger partial charge in [-0.2, -0.15) is 0 Å². The molecule has 19 heavy (non-hydrogen) atoms. The standard InChI is InChI=1S/C16H23F2N/c1-11(2)15(10-19-12(3)4)9-13-6-5-7-14(8-13)16(17)18/h5-9,11-12,16,19H,10H2,1-4H3/b15-9-. The molecule has 0 unspecified atom stereocenters. The van der Waals surface area contributed by atoms with Crippen LogP contribution in [0.3, 0.4) is 0 Å². The lowest BCUT2D eigenvalue weighted by Gasteiger charge is -2.15. The number of benzene rings is 1. The molecular weight excluding hydrogens is 244 g/mol. The van der Waals surface area contributed by atoms with Crippen molar-refractivity contribution in [2.24, 2.45) is 5.92 Å². The molecule has 0 heterocycles. The maximum Gasteiger partial charge on any atom is 0.263 e. The van der Waals surface area contributed by atoms with Crippen LogP contribution in [-0.2, 0) is 0 Å². The SMILES string of the molecule is CC(C)NC/C(=C/c1cccc(C(F)F)c1)C(C)C. The third kappa shape index (κ3) is 5.52. The molecule has 3 heteroatoms. The fourth-order valence-corrected chi connectivity index (χ4v) is 1.74. The molecule has 0 bridgehead atoms. The summed E-state index contributed by atoms with van der Waals surface area (Å²) < 4.78 is 25.3. The summed E-state index contributed by atoms with van der Waals surface area (Å²) in [6, 6.07) is 6.98. The summed E-state index contributed by atoms with van der Waals surface area (Å²) in [5.41, 5.74) is 2.14. The number of hydrogen-bond donors (Lipinski definition) is 1. The molecule has 0 radical (unpaired) electrons. The number of nitrogens with one attached hydrogen (secondary N) is 1. The highest BCUT2D eigenvalue weighted by atomic mass is 19.3. The van der Waals surface area contributed by atoms with Crippen molar-refractivity contribution in [3.05, 3.63) is 41.0 Å². The zero-order valence-electron chi connectivity index (χ0n) is 12.1. The number of rotatable bonds is 6. The zero-order valence-corrected chi connectivity index (χ0v) is 12.1. The molecule has 1 nitrogen and oxygen atoms in total. The van der Waals surface area contributed by atoms with E-state index < -0.39 is 6.43 Å². The normalized spacial score (nSPS) is 12.8. The minimum Gasteiger partial charge on any atom is -0.311 e. The fraction of sp³-hybridized carbons (Fsp3) is 0.500. The van der Waals surface area contributed by atoms with Crippen LogP contribution in [0.15, 0.2) is 29.8 Å². The van der Waals surface area contributed by atoms with E-state index >= 15 is 0 Å². The van der Waals surface area contributed by atoms with Gasteiger partial charge in [0, 0.05) is 18.2 Å².